The van der Waals surface area contributed by atoms with Crippen LogP contribution in [-0.4, -0.2) is 30.4 Å². The summed E-state index contributed by atoms with van der Waals surface area (Å²) in [6.07, 6.45) is 6.91. The summed E-state index contributed by atoms with van der Waals surface area (Å²) in [5.41, 5.74) is 10.1. The van der Waals surface area contributed by atoms with Gasteiger partial charge in [0.2, 0.25) is 0 Å². The van der Waals surface area contributed by atoms with Gasteiger partial charge in [0.05, 0.1) is 6.04 Å². The van der Waals surface area contributed by atoms with Crippen LogP contribution in [0, 0.1) is 19.3 Å². The van der Waals surface area contributed by atoms with Crippen LogP contribution in [-0.2, 0) is 11.2 Å². The minimum Gasteiger partial charge on any atom is -0.478 e. The summed E-state index contributed by atoms with van der Waals surface area (Å²) in [4.78, 5) is 13.5. The molecule has 0 saturated carbocycles. The fraction of sp³-hybridized carbons (Fsp3) is 0.226. The highest BCUT2D eigenvalue weighted by Gasteiger charge is 2.34. The van der Waals surface area contributed by atoms with Crippen LogP contribution in [0.5, 0.6) is 0 Å². The van der Waals surface area contributed by atoms with Crippen molar-refractivity contribution in [1.82, 2.24) is 5.32 Å². The van der Waals surface area contributed by atoms with Crippen LogP contribution in [0.2, 0.25) is 0 Å². The lowest BCUT2D eigenvalue weighted by Gasteiger charge is -2.45. The van der Waals surface area contributed by atoms with E-state index in [1.165, 1.54) is 34.2 Å². The number of aryl methyl sites for hydroxylation is 2. The van der Waals surface area contributed by atoms with Gasteiger partial charge in [-0.05, 0) is 72.7 Å². The van der Waals surface area contributed by atoms with E-state index in [0.717, 1.165) is 34.8 Å². The van der Waals surface area contributed by atoms with Gasteiger partial charge in [-0.2, -0.15) is 0 Å². The molecule has 3 N–H and O–H groups in total. The number of fused-ring (bicyclic) bond motifs is 1. The Hall–Kier alpha value is -4.12. The normalized spacial score (nSPS) is 17.7. The van der Waals surface area contributed by atoms with E-state index in [2.05, 4.69) is 79.5 Å². The molecule has 1 aliphatic rings. The van der Waals surface area contributed by atoms with Gasteiger partial charge >= 0.3 is 5.97 Å². The number of anilines is 1. The predicted molar refractivity (Wildman–Crippen MR) is 149 cm³/mol. The standard InChI is InChI=1S/C31H33N3O2/c1-20-5-13-29(21(2)15-20)34-22(3)16-26-17-25(27(18-32)19-33-4)11-12-28(26)31(34)24-9-6-23(7-10-24)8-14-30(35)36/h5-15,17-19,22,31-33H,16H2,1-4H3,(H,35,36)/b14-8+,27-19+,32-18?. The maximum absolute atomic E-state index is 10.9. The molecule has 1 heterocycles. The number of allylic oxidation sites excluding steroid dienone is 1. The number of carboxylic acid groups (broad SMARTS) is 1. The molecule has 3 aromatic rings. The van der Waals surface area contributed by atoms with Gasteiger partial charge in [-0.25, -0.2) is 4.79 Å². The van der Waals surface area contributed by atoms with Gasteiger partial charge in [-0.1, -0.05) is 60.2 Å². The van der Waals surface area contributed by atoms with E-state index < -0.39 is 5.97 Å². The Morgan fingerprint density at radius 2 is 1.83 bits per heavy atom. The van der Waals surface area contributed by atoms with Crippen molar-refractivity contribution in [3.8, 4) is 0 Å². The van der Waals surface area contributed by atoms with Crippen molar-refractivity contribution in [3.05, 3.63) is 112 Å². The lowest BCUT2D eigenvalue weighted by Crippen LogP contribution is -2.43. The second-order valence-corrected chi connectivity index (χ2v) is 9.44. The Labute approximate surface area is 213 Å². The molecule has 0 spiro atoms. The maximum atomic E-state index is 10.9. The molecule has 2 atom stereocenters. The lowest BCUT2D eigenvalue weighted by molar-refractivity contribution is -0.131. The van der Waals surface area contributed by atoms with E-state index in [4.69, 9.17) is 10.5 Å². The lowest BCUT2D eigenvalue weighted by atomic mass is 9.82. The Morgan fingerprint density at radius 3 is 2.47 bits per heavy atom. The van der Waals surface area contributed by atoms with Crippen LogP contribution < -0.4 is 10.2 Å². The van der Waals surface area contributed by atoms with Crippen LogP contribution in [0.15, 0.2) is 72.9 Å². The fourth-order valence-electron chi connectivity index (χ4n) is 5.18. The molecule has 0 amide bonds. The number of carboxylic acids is 1. The largest absolute Gasteiger partial charge is 0.478 e. The van der Waals surface area contributed by atoms with Gasteiger partial charge in [-0.15, -0.1) is 0 Å². The molecule has 36 heavy (non-hydrogen) atoms. The van der Waals surface area contributed by atoms with E-state index in [1.54, 1.807) is 6.08 Å². The number of nitrogens with one attached hydrogen (secondary N) is 2. The summed E-state index contributed by atoms with van der Waals surface area (Å²) < 4.78 is 0. The molecule has 0 aliphatic carbocycles. The van der Waals surface area contributed by atoms with E-state index in [0.29, 0.717) is 0 Å². The monoisotopic (exact) mass is 479 g/mol. The molecule has 0 saturated heterocycles. The third-order valence-corrected chi connectivity index (χ3v) is 6.80. The first-order valence-electron chi connectivity index (χ1n) is 12.2. The van der Waals surface area contributed by atoms with Crippen LogP contribution in [0.1, 0.15) is 51.9 Å². The fourth-order valence-corrected chi connectivity index (χ4v) is 5.18. The highest BCUT2D eigenvalue weighted by atomic mass is 16.4. The number of hydrogen-bond donors (Lipinski definition) is 3. The summed E-state index contributed by atoms with van der Waals surface area (Å²) in [6, 6.07) is 21.6. The molecule has 0 radical (unpaired) electrons. The van der Waals surface area contributed by atoms with Crippen molar-refractivity contribution in [2.24, 2.45) is 0 Å². The van der Waals surface area contributed by atoms with Crippen molar-refractivity contribution in [3.63, 3.8) is 0 Å². The Bertz CT molecular complexity index is 1340. The van der Waals surface area contributed by atoms with E-state index in [-0.39, 0.29) is 12.1 Å². The first kappa shape index (κ1) is 25.0. The number of nitrogens with zero attached hydrogens (tertiary/aromatic N) is 1. The Morgan fingerprint density at radius 1 is 1.08 bits per heavy atom. The van der Waals surface area contributed by atoms with Crippen LogP contribution in [0.25, 0.3) is 11.6 Å². The highest BCUT2D eigenvalue weighted by molar-refractivity contribution is 6.08. The summed E-state index contributed by atoms with van der Waals surface area (Å²) >= 11 is 0. The minimum absolute atomic E-state index is 0.00780. The van der Waals surface area contributed by atoms with Gasteiger partial charge in [0.1, 0.15) is 0 Å². The predicted octanol–water partition coefficient (Wildman–Crippen LogP) is 6.15. The van der Waals surface area contributed by atoms with Gasteiger partial charge in [0.25, 0.3) is 0 Å². The zero-order chi connectivity index (χ0) is 25.8. The van der Waals surface area contributed by atoms with E-state index in [9.17, 15) is 4.79 Å². The van der Waals surface area contributed by atoms with Gasteiger partial charge in [0.15, 0.2) is 0 Å². The quantitative estimate of drug-likeness (QED) is 0.281. The number of carbonyl (C=O) groups is 1. The van der Waals surface area contributed by atoms with Gasteiger partial charge in [-0.3, -0.25) is 0 Å². The Balaban J connectivity index is 1.86. The second-order valence-electron chi connectivity index (χ2n) is 9.44. The van der Waals surface area contributed by atoms with Crippen LogP contribution in [0.3, 0.4) is 0 Å². The molecule has 5 heteroatoms. The third kappa shape index (κ3) is 5.10. The molecule has 1 aliphatic heterocycles. The van der Waals surface area contributed by atoms with E-state index >= 15 is 0 Å². The number of rotatable bonds is 7. The molecular weight excluding hydrogens is 446 g/mol. The first-order chi connectivity index (χ1) is 17.3. The number of hydrogen-bond acceptors (Lipinski definition) is 4. The van der Waals surface area contributed by atoms with Crippen LogP contribution >= 0.6 is 0 Å². The smallest absolute Gasteiger partial charge is 0.328 e. The molecule has 3 aromatic carbocycles. The zero-order valence-electron chi connectivity index (χ0n) is 21.2. The first-order valence-corrected chi connectivity index (χ1v) is 12.2. The topological polar surface area (TPSA) is 76.4 Å². The average Bonchev–Trinajstić information content (AvgIpc) is 2.86. The van der Waals surface area contributed by atoms with Crippen molar-refractivity contribution >= 4 is 29.5 Å². The molecule has 0 aromatic heterocycles. The molecular formula is C31H33N3O2. The molecule has 0 fully saturated rings. The maximum Gasteiger partial charge on any atom is 0.328 e. The van der Waals surface area contributed by atoms with Gasteiger partial charge in [0, 0.05) is 42.8 Å². The van der Waals surface area contributed by atoms with E-state index in [1.807, 2.05) is 25.4 Å². The minimum atomic E-state index is -0.956. The summed E-state index contributed by atoms with van der Waals surface area (Å²) in [5, 5.41) is 19.9. The highest BCUT2D eigenvalue weighted by Crippen LogP contribution is 2.43. The summed E-state index contributed by atoms with van der Waals surface area (Å²) in [7, 11) is 1.84. The molecule has 184 valence electrons. The average molecular weight is 480 g/mol. The zero-order valence-corrected chi connectivity index (χ0v) is 21.2. The number of aliphatic carboxylic acids is 1. The Kier molecular flexibility index (Phi) is 7.39. The second kappa shape index (κ2) is 10.6. The van der Waals surface area contributed by atoms with Crippen molar-refractivity contribution in [2.75, 3.05) is 11.9 Å². The summed E-state index contributed by atoms with van der Waals surface area (Å²) in [5.74, 6) is -0.956. The van der Waals surface area contributed by atoms with Gasteiger partial charge < -0.3 is 20.7 Å². The molecule has 5 nitrogen and oxygen atoms in total. The van der Waals surface area contributed by atoms with Crippen molar-refractivity contribution < 1.29 is 9.90 Å². The van der Waals surface area contributed by atoms with Crippen molar-refractivity contribution in [1.29, 1.82) is 5.41 Å². The third-order valence-electron chi connectivity index (χ3n) is 6.80. The van der Waals surface area contributed by atoms with Crippen molar-refractivity contribution in [2.45, 2.75) is 39.3 Å². The van der Waals surface area contributed by atoms with Crippen LogP contribution in [0.4, 0.5) is 5.69 Å². The summed E-state index contributed by atoms with van der Waals surface area (Å²) in [6.45, 7) is 6.56. The SMILES string of the molecule is CN/C=C(\C=N)c1ccc2c(c1)CC(C)N(c1ccc(C)cc1C)C2c1ccc(/C=C/C(=O)O)cc1. The molecule has 0 bridgehead atoms. The number of benzene rings is 3. The molecule has 4 rings (SSSR count). The molecule has 2 unspecified atom stereocenters.